The Morgan fingerprint density at radius 1 is 0.382 bits per heavy atom. The van der Waals surface area contributed by atoms with Crippen LogP contribution in [-0.4, -0.2) is 5.11 Å². The van der Waals surface area contributed by atoms with Crippen LogP contribution in [0.4, 0.5) is 0 Å². The fraction of sp³-hybridized carbons (Fsp3) is 0.0303. The Hall–Kier alpha value is -4.36. The molecule has 0 aliphatic carbocycles. The molecule has 164 valence electrons. The zero-order chi connectivity index (χ0) is 23.3. The van der Waals surface area contributed by atoms with Gasteiger partial charge in [-0.2, -0.15) is 0 Å². The number of hydrogen-bond donors (Lipinski definition) is 1. The van der Waals surface area contributed by atoms with E-state index in [1.165, 1.54) is 21.9 Å². The fourth-order valence-corrected chi connectivity index (χ4v) is 4.43. The van der Waals surface area contributed by atoms with Gasteiger partial charge in [0.05, 0.1) is 0 Å². The quantitative estimate of drug-likeness (QED) is 0.286. The number of rotatable bonds is 2. The van der Waals surface area contributed by atoms with Crippen molar-refractivity contribution in [1.29, 1.82) is 0 Å². The fourth-order valence-electron chi connectivity index (χ4n) is 4.43. The molecule has 0 saturated carbocycles. The van der Waals surface area contributed by atoms with Gasteiger partial charge in [0, 0.05) is 10.9 Å². The van der Waals surface area contributed by atoms with Crippen molar-refractivity contribution in [2.24, 2.45) is 0 Å². The summed E-state index contributed by atoms with van der Waals surface area (Å²) in [4.78, 5) is 0. The highest BCUT2D eigenvalue weighted by Crippen LogP contribution is 2.40. The minimum Gasteiger partial charge on any atom is -0.507 e. The smallest absolute Gasteiger partial charge is 0.131 e. The molecule has 0 amide bonds. The number of aryl methyl sites for hydroxylation is 1. The third-order valence-corrected chi connectivity index (χ3v) is 6.21. The van der Waals surface area contributed by atoms with Gasteiger partial charge in [-0.15, -0.1) is 0 Å². The molecular weight excluding hydrogens is 412 g/mol. The van der Waals surface area contributed by atoms with Gasteiger partial charge in [0.15, 0.2) is 0 Å². The average Bonchev–Trinajstić information content (AvgIpc) is 2.90. The van der Waals surface area contributed by atoms with Crippen molar-refractivity contribution in [2.45, 2.75) is 6.92 Å². The summed E-state index contributed by atoms with van der Waals surface area (Å²) < 4.78 is 0. The predicted octanol–water partition coefficient (Wildman–Crippen LogP) is 9.03. The highest BCUT2D eigenvalue weighted by atomic mass is 16.3. The van der Waals surface area contributed by atoms with Crippen molar-refractivity contribution in [3.8, 4) is 28.0 Å². The van der Waals surface area contributed by atoms with E-state index in [4.69, 9.17) is 0 Å². The van der Waals surface area contributed by atoms with Crippen LogP contribution in [0.5, 0.6) is 5.75 Å². The highest BCUT2D eigenvalue weighted by Gasteiger charge is 2.13. The van der Waals surface area contributed by atoms with Crippen LogP contribution in [0.25, 0.3) is 43.8 Å². The molecule has 0 aromatic heterocycles. The molecule has 0 fully saturated rings. The molecule has 0 saturated heterocycles. The lowest BCUT2D eigenvalue weighted by atomic mass is 9.91. The van der Waals surface area contributed by atoms with Crippen LogP contribution in [0.2, 0.25) is 0 Å². The van der Waals surface area contributed by atoms with Crippen molar-refractivity contribution in [3.05, 3.63) is 139 Å². The molecule has 1 heteroatoms. The molecule has 1 N–H and O–H groups in total. The third-order valence-electron chi connectivity index (χ3n) is 6.21. The van der Waals surface area contributed by atoms with E-state index in [1.807, 2.05) is 42.5 Å². The zero-order valence-electron chi connectivity index (χ0n) is 19.1. The number of hydrogen-bond acceptors (Lipinski definition) is 1. The Kier molecular flexibility index (Phi) is 6.09. The first kappa shape index (κ1) is 21.5. The monoisotopic (exact) mass is 438 g/mol. The zero-order valence-corrected chi connectivity index (χ0v) is 19.1. The van der Waals surface area contributed by atoms with Crippen LogP contribution in [0.3, 0.4) is 0 Å². The number of phenols is 1. The molecule has 6 aromatic carbocycles. The van der Waals surface area contributed by atoms with E-state index < -0.39 is 0 Å². The summed E-state index contributed by atoms with van der Waals surface area (Å²) in [5.74, 6) is 0.342. The molecule has 0 spiro atoms. The summed E-state index contributed by atoms with van der Waals surface area (Å²) in [7, 11) is 0. The van der Waals surface area contributed by atoms with Crippen LogP contribution in [0, 0.1) is 6.92 Å². The Labute approximate surface area is 200 Å². The molecule has 0 heterocycles. The Morgan fingerprint density at radius 2 is 0.824 bits per heavy atom. The molecule has 0 aliphatic rings. The second kappa shape index (κ2) is 9.64. The van der Waals surface area contributed by atoms with Gasteiger partial charge in [-0.3, -0.25) is 0 Å². The first-order valence-corrected chi connectivity index (χ1v) is 11.5. The molecule has 6 aromatic rings. The number of aromatic hydroxyl groups is 1. The molecule has 34 heavy (non-hydrogen) atoms. The minimum absolute atomic E-state index is 0.342. The summed E-state index contributed by atoms with van der Waals surface area (Å²) in [5, 5.41) is 15.4. The normalized spacial score (nSPS) is 10.6. The lowest BCUT2D eigenvalue weighted by Crippen LogP contribution is -1.88. The second-order valence-corrected chi connectivity index (χ2v) is 8.39. The number of benzene rings is 6. The van der Waals surface area contributed by atoms with Gasteiger partial charge in [0.25, 0.3) is 0 Å². The SMILES string of the molecule is Cc1ccccc1-c1ccccc1-c1ccc2ccccc2c1O.c1ccc2ccccc2c1. The lowest BCUT2D eigenvalue weighted by molar-refractivity contribution is 0.483. The van der Waals surface area contributed by atoms with Crippen molar-refractivity contribution >= 4 is 21.5 Å². The molecule has 1 nitrogen and oxygen atoms in total. The maximum absolute atomic E-state index is 10.8. The molecule has 0 atom stereocenters. The number of phenolic OH excluding ortho intramolecular Hbond substituents is 1. The van der Waals surface area contributed by atoms with E-state index in [0.717, 1.165) is 27.5 Å². The molecule has 0 aliphatic heterocycles. The maximum atomic E-state index is 10.8. The Morgan fingerprint density at radius 3 is 1.41 bits per heavy atom. The number of fused-ring (bicyclic) bond motifs is 2. The molecular formula is C33H26O. The van der Waals surface area contributed by atoms with E-state index in [0.29, 0.717) is 5.75 Å². The molecule has 6 rings (SSSR count). The standard InChI is InChI=1S/C23H18O.C10H8/c1-16-8-2-4-10-18(16)20-12-6-7-13-21(20)22-15-14-17-9-3-5-11-19(17)23(22)24;1-2-6-10-8-4-3-7-9(10)5-1/h2-15,24H,1H3;1-8H. The summed E-state index contributed by atoms with van der Waals surface area (Å²) in [5.41, 5.74) is 5.48. The van der Waals surface area contributed by atoms with E-state index in [-0.39, 0.29) is 0 Å². The van der Waals surface area contributed by atoms with Crippen LogP contribution in [0.15, 0.2) is 133 Å². The van der Waals surface area contributed by atoms with E-state index in [1.54, 1.807) is 0 Å². The van der Waals surface area contributed by atoms with Crippen LogP contribution in [-0.2, 0) is 0 Å². The highest BCUT2D eigenvalue weighted by molar-refractivity contribution is 5.97. The first-order valence-electron chi connectivity index (χ1n) is 11.5. The predicted molar refractivity (Wildman–Crippen MR) is 145 cm³/mol. The summed E-state index contributed by atoms with van der Waals surface area (Å²) in [6.07, 6.45) is 0. The lowest BCUT2D eigenvalue weighted by Gasteiger charge is -2.14. The molecule has 0 unspecified atom stereocenters. The summed E-state index contributed by atoms with van der Waals surface area (Å²) >= 11 is 0. The van der Waals surface area contributed by atoms with Gasteiger partial charge in [-0.25, -0.2) is 0 Å². The van der Waals surface area contributed by atoms with Gasteiger partial charge in [-0.05, 0) is 51.4 Å². The van der Waals surface area contributed by atoms with Crippen molar-refractivity contribution in [3.63, 3.8) is 0 Å². The van der Waals surface area contributed by atoms with E-state index in [9.17, 15) is 5.11 Å². The largest absolute Gasteiger partial charge is 0.507 e. The van der Waals surface area contributed by atoms with Crippen molar-refractivity contribution in [1.82, 2.24) is 0 Å². The average molecular weight is 439 g/mol. The molecule has 0 bridgehead atoms. The van der Waals surface area contributed by atoms with Gasteiger partial charge >= 0.3 is 0 Å². The van der Waals surface area contributed by atoms with E-state index >= 15 is 0 Å². The van der Waals surface area contributed by atoms with Crippen LogP contribution < -0.4 is 0 Å². The minimum atomic E-state index is 0.342. The van der Waals surface area contributed by atoms with Gasteiger partial charge in [-0.1, -0.05) is 127 Å². The van der Waals surface area contributed by atoms with E-state index in [2.05, 4.69) is 97.9 Å². The first-order chi connectivity index (χ1) is 16.7. The van der Waals surface area contributed by atoms with Gasteiger partial charge in [0.1, 0.15) is 5.75 Å². The van der Waals surface area contributed by atoms with Crippen LogP contribution in [0.1, 0.15) is 5.56 Å². The topological polar surface area (TPSA) is 20.2 Å². The van der Waals surface area contributed by atoms with Crippen molar-refractivity contribution < 1.29 is 5.11 Å². The second-order valence-electron chi connectivity index (χ2n) is 8.39. The Balaban J connectivity index is 0.000000200. The third kappa shape index (κ3) is 4.29. The van der Waals surface area contributed by atoms with Crippen molar-refractivity contribution in [2.75, 3.05) is 0 Å². The maximum Gasteiger partial charge on any atom is 0.131 e. The Bertz CT molecular complexity index is 1510. The summed E-state index contributed by atoms with van der Waals surface area (Å²) in [6, 6.07) is 45.3. The van der Waals surface area contributed by atoms with Crippen LogP contribution >= 0.6 is 0 Å². The van der Waals surface area contributed by atoms with Gasteiger partial charge in [0.2, 0.25) is 0 Å². The summed E-state index contributed by atoms with van der Waals surface area (Å²) in [6.45, 7) is 2.12. The molecule has 0 radical (unpaired) electrons. The van der Waals surface area contributed by atoms with Gasteiger partial charge < -0.3 is 5.11 Å².